The van der Waals surface area contributed by atoms with Crippen molar-refractivity contribution in [3.63, 3.8) is 0 Å². The van der Waals surface area contributed by atoms with Gasteiger partial charge >= 0.3 is 0 Å². The first-order valence-corrected chi connectivity index (χ1v) is 11.8. The van der Waals surface area contributed by atoms with Crippen molar-refractivity contribution < 1.29 is 17.6 Å². The van der Waals surface area contributed by atoms with E-state index in [0.717, 1.165) is 31.9 Å². The molecule has 1 N–H and O–H groups in total. The molecule has 0 atom stereocenters. The van der Waals surface area contributed by atoms with E-state index in [-0.39, 0.29) is 5.03 Å². The van der Waals surface area contributed by atoms with Crippen LogP contribution in [-0.2, 0) is 16.4 Å². The molecule has 7 nitrogen and oxygen atoms in total. The van der Waals surface area contributed by atoms with Crippen molar-refractivity contribution in [2.24, 2.45) is 5.92 Å². The van der Waals surface area contributed by atoms with Gasteiger partial charge in [-0.1, -0.05) is 19.3 Å². The van der Waals surface area contributed by atoms with Crippen LogP contribution in [0.1, 0.15) is 42.6 Å². The second-order valence-electron chi connectivity index (χ2n) is 7.81. The molecule has 1 fully saturated rings. The van der Waals surface area contributed by atoms with E-state index < -0.39 is 21.6 Å². The number of halogens is 1. The highest BCUT2D eigenvalue weighted by molar-refractivity contribution is 7.90. The summed E-state index contributed by atoms with van der Waals surface area (Å²) in [5.74, 6) is -0.420. The van der Waals surface area contributed by atoms with Gasteiger partial charge in [0.1, 0.15) is 11.5 Å². The van der Waals surface area contributed by atoms with Crippen LogP contribution in [0.3, 0.4) is 0 Å². The zero-order valence-electron chi connectivity index (χ0n) is 16.6. The maximum atomic E-state index is 13.7. The van der Waals surface area contributed by atoms with E-state index in [1.807, 2.05) is 0 Å². The van der Waals surface area contributed by atoms with Gasteiger partial charge in [-0.05, 0) is 43.0 Å². The number of rotatable bonds is 5. The summed E-state index contributed by atoms with van der Waals surface area (Å²) in [6.45, 7) is 0.587. The molecular formula is C21H23FN4O3S. The Morgan fingerprint density at radius 3 is 2.70 bits per heavy atom. The summed E-state index contributed by atoms with van der Waals surface area (Å²) in [6, 6.07) is 7.02. The lowest BCUT2D eigenvalue weighted by Crippen LogP contribution is -2.22. The van der Waals surface area contributed by atoms with E-state index in [9.17, 15) is 17.6 Å². The molecule has 0 unspecified atom stereocenters. The average Bonchev–Trinajstić information content (AvgIpc) is 3.05. The van der Waals surface area contributed by atoms with Crippen LogP contribution in [0.4, 0.5) is 10.1 Å². The average molecular weight is 431 g/mol. The van der Waals surface area contributed by atoms with Crippen LogP contribution in [0.25, 0.3) is 10.9 Å². The van der Waals surface area contributed by atoms with E-state index in [0.29, 0.717) is 34.7 Å². The Labute approximate surface area is 174 Å². The quantitative estimate of drug-likeness (QED) is 0.664. The predicted octanol–water partition coefficient (Wildman–Crippen LogP) is 3.81. The van der Waals surface area contributed by atoms with Gasteiger partial charge in [-0.15, -0.1) is 0 Å². The highest BCUT2D eigenvalue weighted by Crippen LogP contribution is 2.28. The largest absolute Gasteiger partial charge is 0.320 e. The first-order chi connectivity index (χ1) is 14.3. The van der Waals surface area contributed by atoms with Gasteiger partial charge in [-0.3, -0.25) is 9.48 Å². The number of anilines is 1. The summed E-state index contributed by atoms with van der Waals surface area (Å²) < 4.78 is 38.9. The summed E-state index contributed by atoms with van der Waals surface area (Å²) >= 11 is 0. The minimum Gasteiger partial charge on any atom is -0.320 e. The molecule has 1 saturated carbocycles. The van der Waals surface area contributed by atoms with Crippen molar-refractivity contribution in [3.05, 3.63) is 48.0 Å². The number of nitrogens with zero attached hydrogens (tertiary/aromatic N) is 3. The number of nitrogens with one attached hydrogen (secondary N) is 1. The van der Waals surface area contributed by atoms with Gasteiger partial charge in [0, 0.05) is 36.1 Å². The predicted molar refractivity (Wildman–Crippen MR) is 112 cm³/mol. The molecule has 2 aromatic heterocycles. The number of carbonyl (C=O) groups excluding carboxylic acids is 1. The van der Waals surface area contributed by atoms with Crippen LogP contribution < -0.4 is 5.32 Å². The molecule has 2 heterocycles. The monoisotopic (exact) mass is 430 g/mol. The zero-order valence-corrected chi connectivity index (χ0v) is 17.5. The van der Waals surface area contributed by atoms with Crippen LogP contribution in [0, 0.1) is 11.7 Å². The van der Waals surface area contributed by atoms with Gasteiger partial charge in [0.2, 0.25) is 0 Å². The second-order valence-corrected chi connectivity index (χ2v) is 9.77. The fourth-order valence-electron chi connectivity index (χ4n) is 3.97. The first-order valence-electron chi connectivity index (χ1n) is 9.95. The van der Waals surface area contributed by atoms with E-state index in [4.69, 9.17) is 0 Å². The van der Waals surface area contributed by atoms with Crippen LogP contribution in [0.5, 0.6) is 0 Å². The topological polar surface area (TPSA) is 94.0 Å². The smallest absolute Gasteiger partial charge is 0.274 e. The van der Waals surface area contributed by atoms with Gasteiger partial charge < -0.3 is 5.32 Å². The van der Waals surface area contributed by atoms with Gasteiger partial charge in [-0.25, -0.2) is 17.8 Å². The minimum absolute atomic E-state index is 0.122. The number of sulfone groups is 1. The number of hydrogen-bond donors (Lipinski definition) is 1. The molecule has 0 bridgehead atoms. The van der Waals surface area contributed by atoms with Gasteiger partial charge in [0.25, 0.3) is 5.91 Å². The zero-order chi connectivity index (χ0) is 21.3. The number of amides is 1. The lowest BCUT2D eigenvalue weighted by molar-refractivity contribution is 0.101. The van der Waals surface area contributed by atoms with Crippen LogP contribution >= 0.6 is 0 Å². The lowest BCUT2D eigenvalue weighted by Gasteiger charge is -2.22. The number of benzene rings is 1. The van der Waals surface area contributed by atoms with Crippen LogP contribution in [-0.4, -0.2) is 35.3 Å². The molecule has 1 amide bonds. The Morgan fingerprint density at radius 1 is 1.20 bits per heavy atom. The Morgan fingerprint density at radius 2 is 1.97 bits per heavy atom. The Hall–Kier alpha value is -2.81. The van der Waals surface area contributed by atoms with Gasteiger partial charge in [0.15, 0.2) is 14.9 Å². The maximum Gasteiger partial charge on any atom is 0.274 e. The lowest BCUT2D eigenvalue weighted by atomic mass is 9.89. The number of hydrogen-bond acceptors (Lipinski definition) is 5. The Bertz CT molecular complexity index is 1200. The van der Waals surface area contributed by atoms with Crippen molar-refractivity contribution in [2.45, 2.75) is 43.7 Å². The third-order valence-corrected chi connectivity index (χ3v) is 6.43. The van der Waals surface area contributed by atoms with Crippen LogP contribution in [0.15, 0.2) is 41.6 Å². The molecule has 1 aliphatic carbocycles. The summed E-state index contributed by atoms with van der Waals surface area (Å²) in [5.41, 5.74) is 1.08. The summed E-state index contributed by atoms with van der Waals surface area (Å²) in [7, 11) is -3.50. The van der Waals surface area contributed by atoms with Gasteiger partial charge in [-0.2, -0.15) is 5.10 Å². The number of pyridine rings is 1. The van der Waals surface area contributed by atoms with E-state index >= 15 is 0 Å². The summed E-state index contributed by atoms with van der Waals surface area (Å²) in [6.07, 6.45) is 8.09. The third-order valence-electron chi connectivity index (χ3n) is 5.45. The molecule has 0 radical (unpaired) electrons. The molecule has 0 spiro atoms. The molecule has 1 aromatic carbocycles. The van der Waals surface area contributed by atoms with Crippen molar-refractivity contribution in [3.8, 4) is 0 Å². The fraction of sp³-hybridized carbons (Fsp3) is 0.381. The molecule has 158 valence electrons. The van der Waals surface area contributed by atoms with E-state index in [2.05, 4.69) is 15.4 Å². The van der Waals surface area contributed by atoms with Crippen molar-refractivity contribution in [1.82, 2.24) is 14.8 Å². The third kappa shape index (κ3) is 4.35. The molecule has 4 rings (SSSR count). The minimum atomic E-state index is -3.50. The number of aromatic nitrogens is 3. The van der Waals surface area contributed by atoms with Crippen molar-refractivity contribution >= 4 is 32.3 Å². The SMILES string of the molecule is CS(=O)(=O)c1cc(NC(=O)c2c3ccc(F)cc3nn2CC2CCCCC2)ccn1. The number of fused-ring (bicyclic) bond motifs is 1. The fourth-order valence-corrected chi connectivity index (χ4v) is 4.57. The van der Waals surface area contributed by atoms with Gasteiger partial charge in [0.05, 0.1) is 5.52 Å². The number of carbonyl (C=O) groups is 1. The normalized spacial score (nSPS) is 15.4. The van der Waals surface area contributed by atoms with Crippen molar-refractivity contribution in [2.75, 3.05) is 11.6 Å². The molecule has 3 aromatic rings. The maximum absolute atomic E-state index is 13.7. The molecule has 0 aliphatic heterocycles. The summed E-state index contributed by atoms with van der Waals surface area (Å²) in [4.78, 5) is 17.0. The molecule has 0 saturated heterocycles. The molecule has 9 heteroatoms. The van der Waals surface area contributed by atoms with Crippen molar-refractivity contribution in [1.29, 1.82) is 0 Å². The van der Waals surface area contributed by atoms with Crippen LogP contribution in [0.2, 0.25) is 0 Å². The molecular weight excluding hydrogens is 407 g/mol. The summed E-state index contributed by atoms with van der Waals surface area (Å²) in [5, 5.41) is 7.67. The second kappa shape index (κ2) is 8.14. The highest BCUT2D eigenvalue weighted by atomic mass is 32.2. The Balaban J connectivity index is 1.69. The first kappa shape index (κ1) is 20.5. The Kier molecular flexibility index (Phi) is 5.55. The van der Waals surface area contributed by atoms with E-state index in [1.165, 1.54) is 36.9 Å². The molecule has 30 heavy (non-hydrogen) atoms. The molecule has 1 aliphatic rings. The standard InChI is InChI=1S/C21H23FN4O3S/c1-30(28,29)19-12-16(9-10-23-19)24-21(27)20-17-8-7-15(22)11-18(17)25-26(20)13-14-5-3-2-4-6-14/h7-12,14H,2-6,13H2,1H3,(H,23,24,27). The highest BCUT2D eigenvalue weighted by Gasteiger charge is 2.23. The van der Waals surface area contributed by atoms with E-state index in [1.54, 1.807) is 10.7 Å².